The third kappa shape index (κ3) is 2.77. The Bertz CT molecular complexity index is 636. The van der Waals surface area contributed by atoms with Crippen molar-refractivity contribution in [2.24, 2.45) is 0 Å². The van der Waals surface area contributed by atoms with Crippen LogP contribution < -0.4 is 10.2 Å². The molecule has 0 amide bonds. The second-order valence-electron chi connectivity index (χ2n) is 3.55. The van der Waals surface area contributed by atoms with Crippen LogP contribution in [0.25, 0.3) is 10.9 Å². The highest BCUT2D eigenvalue weighted by atomic mass is 127. The van der Waals surface area contributed by atoms with Crippen LogP contribution in [-0.4, -0.2) is 17.8 Å². The van der Waals surface area contributed by atoms with Gasteiger partial charge in [0.25, 0.3) is 0 Å². The second-order valence-corrected chi connectivity index (χ2v) is 4.71. The Kier molecular flexibility index (Phi) is 3.51. The highest BCUT2D eigenvalue weighted by molar-refractivity contribution is 14.1. The van der Waals surface area contributed by atoms with Crippen molar-refractivity contribution in [1.29, 1.82) is 0 Å². The van der Waals surface area contributed by atoms with E-state index in [0.717, 1.165) is 0 Å². The molecule has 0 spiro atoms. The Labute approximate surface area is 113 Å². The molecule has 0 aliphatic rings. The highest BCUT2D eigenvalue weighted by Crippen LogP contribution is 2.24. The Hall–Kier alpha value is -1.25. The van der Waals surface area contributed by atoms with E-state index in [9.17, 15) is 18.0 Å². The van der Waals surface area contributed by atoms with E-state index in [-0.39, 0.29) is 16.7 Å². The molecule has 0 aliphatic carbocycles. The van der Waals surface area contributed by atoms with E-state index in [1.54, 1.807) is 0 Å². The standard InChI is InChI=1S/C11H7F3INO2/c12-11(13,14)5-18-8-3-1-2-6-9(8)16-4-7(15)10(6)17/h1-4H,5H2,(H,16,17). The zero-order valence-corrected chi connectivity index (χ0v) is 11.0. The van der Waals surface area contributed by atoms with Crippen LogP contribution in [0.4, 0.5) is 13.2 Å². The Morgan fingerprint density at radius 1 is 1.33 bits per heavy atom. The number of fused-ring (bicyclic) bond motifs is 1. The van der Waals surface area contributed by atoms with Crippen molar-refractivity contribution in [2.75, 3.05) is 6.61 Å². The van der Waals surface area contributed by atoms with E-state index in [0.29, 0.717) is 8.96 Å². The minimum Gasteiger partial charge on any atom is -0.482 e. The fourth-order valence-corrected chi connectivity index (χ4v) is 1.93. The zero-order valence-electron chi connectivity index (χ0n) is 8.84. The predicted molar refractivity (Wildman–Crippen MR) is 68.8 cm³/mol. The summed E-state index contributed by atoms with van der Waals surface area (Å²) in [5.74, 6) is 0.0123. The van der Waals surface area contributed by atoms with Crippen LogP contribution in [-0.2, 0) is 0 Å². The van der Waals surface area contributed by atoms with Crippen LogP contribution in [0.3, 0.4) is 0 Å². The quantitative estimate of drug-likeness (QED) is 0.827. The lowest BCUT2D eigenvalue weighted by atomic mass is 10.2. The van der Waals surface area contributed by atoms with Crippen molar-refractivity contribution in [2.45, 2.75) is 6.18 Å². The summed E-state index contributed by atoms with van der Waals surface area (Å²) in [6.45, 7) is -1.39. The molecule has 0 aliphatic heterocycles. The first-order valence-electron chi connectivity index (χ1n) is 4.88. The molecule has 1 aromatic carbocycles. The number of H-pyrrole nitrogens is 1. The smallest absolute Gasteiger partial charge is 0.422 e. The number of alkyl halides is 3. The van der Waals surface area contributed by atoms with Crippen molar-refractivity contribution in [3.63, 3.8) is 0 Å². The van der Waals surface area contributed by atoms with Crippen molar-refractivity contribution in [1.82, 2.24) is 4.98 Å². The van der Waals surface area contributed by atoms with Gasteiger partial charge < -0.3 is 9.72 Å². The summed E-state index contributed by atoms with van der Waals surface area (Å²) in [6.07, 6.45) is -2.97. The summed E-state index contributed by atoms with van der Waals surface area (Å²) in [5, 5.41) is 0.307. The molecule has 0 bridgehead atoms. The molecule has 0 saturated heterocycles. The Morgan fingerprint density at radius 2 is 2.06 bits per heavy atom. The molecule has 0 atom stereocenters. The van der Waals surface area contributed by atoms with E-state index in [4.69, 9.17) is 0 Å². The minimum absolute atomic E-state index is 0.0123. The number of aromatic nitrogens is 1. The topological polar surface area (TPSA) is 42.1 Å². The molecule has 0 radical (unpaired) electrons. The van der Waals surface area contributed by atoms with Gasteiger partial charge in [0.1, 0.15) is 5.75 Å². The lowest BCUT2D eigenvalue weighted by Gasteiger charge is -2.11. The van der Waals surface area contributed by atoms with Gasteiger partial charge in [0, 0.05) is 6.20 Å². The number of benzene rings is 1. The monoisotopic (exact) mass is 369 g/mol. The number of rotatable bonds is 2. The first-order valence-corrected chi connectivity index (χ1v) is 5.96. The van der Waals surface area contributed by atoms with Gasteiger partial charge in [-0.3, -0.25) is 4.79 Å². The minimum atomic E-state index is -4.41. The number of hydrogen-bond acceptors (Lipinski definition) is 2. The first kappa shape index (κ1) is 13.2. The largest absolute Gasteiger partial charge is 0.482 e. The molecule has 1 heterocycles. The lowest BCUT2D eigenvalue weighted by molar-refractivity contribution is -0.153. The molecule has 7 heteroatoms. The number of ether oxygens (including phenoxy) is 1. The second kappa shape index (κ2) is 4.79. The van der Waals surface area contributed by atoms with Crippen molar-refractivity contribution < 1.29 is 17.9 Å². The van der Waals surface area contributed by atoms with Crippen LogP contribution in [0.1, 0.15) is 0 Å². The van der Waals surface area contributed by atoms with E-state index in [1.165, 1.54) is 24.4 Å². The number of halogens is 4. The summed E-state index contributed by atoms with van der Waals surface area (Å²) in [7, 11) is 0. The molecule has 0 fully saturated rings. The van der Waals surface area contributed by atoms with E-state index in [1.807, 2.05) is 22.6 Å². The van der Waals surface area contributed by atoms with Gasteiger partial charge in [-0.1, -0.05) is 6.07 Å². The summed E-state index contributed by atoms with van der Waals surface area (Å²) >= 11 is 1.85. The van der Waals surface area contributed by atoms with Gasteiger partial charge in [0.05, 0.1) is 14.5 Å². The van der Waals surface area contributed by atoms with Crippen molar-refractivity contribution in [3.05, 3.63) is 38.2 Å². The van der Waals surface area contributed by atoms with Gasteiger partial charge in [-0.2, -0.15) is 13.2 Å². The van der Waals surface area contributed by atoms with E-state index in [2.05, 4.69) is 9.72 Å². The van der Waals surface area contributed by atoms with Gasteiger partial charge in [-0.15, -0.1) is 0 Å². The SMILES string of the molecule is O=c1c(I)c[nH]c2c(OCC(F)(F)F)cccc12. The molecule has 0 unspecified atom stereocenters. The Balaban J connectivity index is 2.47. The zero-order chi connectivity index (χ0) is 13.3. The number of hydrogen-bond donors (Lipinski definition) is 1. The van der Waals surface area contributed by atoms with E-state index < -0.39 is 12.8 Å². The van der Waals surface area contributed by atoms with Crippen molar-refractivity contribution in [3.8, 4) is 5.75 Å². The molecule has 96 valence electrons. The summed E-state index contributed by atoms with van der Waals surface area (Å²) in [5.41, 5.74) is 0.0361. The third-order valence-electron chi connectivity index (χ3n) is 2.22. The normalized spacial score (nSPS) is 11.8. The van der Waals surface area contributed by atoms with Gasteiger partial charge >= 0.3 is 6.18 Å². The molecule has 2 rings (SSSR count). The lowest BCUT2D eigenvalue weighted by Crippen LogP contribution is -2.19. The van der Waals surface area contributed by atoms with Gasteiger partial charge in [-0.25, -0.2) is 0 Å². The van der Waals surface area contributed by atoms with E-state index >= 15 is 0 Å². The molecule has 2 aromatic rings. The van der Waals surface area contributed by atoms with Crippen molar-refractivity contribution >= 4 is 33.5 Å². The molecular weight excluding hydrogens is 362 g/mol. The summed E-state index contributed by atoms with van der Waals surface area (Å²) in [6, 6.07) is 4.41. The number of pyridine rings is 1. The van der Waals surface area contributed by atoms with Crippen LogP contribution in [0, 0.1) is 3.57 Å². The molecule has 0 saturated carbocycles. The van der Waals surface area contributed by atoms with Crippen LogP contribution in [0.2, 0.25) is 0 Å². The number of aromatic amines is 1. The maximum atomic E-state index is 12.1. The van der Waals surface area contributed by atoms with Crippen LogP contribution in [0.5, 0.6) is 5.75 Å². The highest BCUT2D eigenvalue weighted by Gasteiger charge is 2.28. The average Bonchev–Trinajstić information content (AvgIpc) is 2.30. The molecular formula is C11H7F3INO2. The Morgan fingerprint density at radius 3 is 2.72 bits per heavy atom. The summed E-state index contributed by atoms with van der Waals surface area (Å²) < 4.78 is 41.4. The van der Waals surface area contributed by atoms with Gasteiger partial charge in [0.15, 0.2) is 6.61 Å². The molecule has 1 aromatic heterocycles. The third-order valence-corrected chi connectivity index (χ3v) is 3.02. The maximum Gasteiger partial charge on any atom is 0.422 e. The number of nitrogens with one attached hydrogen (secondary N) is 1. The van der Waals surface area contributed by atoms with Gasteiger partial charge in [-0.05, 0) is 34.7 Å². The maximum absolute atomic E-state index is 12.1. The van der Waals surface area contributed by atoms with Crippen LogP contribution in [0.15, 0.2) is 29.2 Å². The molecule has 3 nitrogen and oxygen atoms in total. The fourth-order valence-electron chi connectivity index (χ4n) is 1.48. The average molecular weight is 369 g/mol. The summed E-state index contributed by atoms with van der Waals surface area (Å²) in [4.78, 5) is 14.5. The molecule has 18 heavy (non-hydrogen) atoms. The predicted octanol–water partition coefficient (Wildman–Crippen LogP) is 3.07. The van der Waals surface area contributed by atoms with Crippen LogP contribution >= 0.6 is 22.6 Å². The molecule has 1 N–H and O–H groups in total. The first-order chi connectivity index (χ1) is 8.38. The van der Waals surface area contributed by atoms with Gasteiger partial charge in [0.2, 0.25) is 5.43 Å². The number of para-hydroxylation sites is 1. The fraction of sp³-hybridized carbons (Fsp3) is 0.182.